The van der Waals surface area contributed by atoms with Crippen LogP contribution in [-0.4, -0.2) is 40.8 Å². The van der Waals surface area contributed by atoms with Crippen molar-refractivity contribution >= 4 is 11.6 Å². The zero-order chi connectivity index (χ0) is 12.0. The Morgan fingerprint density at radius 2 is 1.73 bits per heavy atom. The molecule has 1 aliphatic rings. The van der Waals surface area contributed by atoms with E-state index in [9.17, 15) is 26.3 Å². The quantitative estimate of drug-likeness (QED) is 0.521. The van der Waals surface area contributed by atoms with E-state index in [0.717, 1.165) is 0 Å². The summed E-state index contributed by atoms with van der Waals surface area (Å²) >= 11 is 5.12. The first-order chi connectivity index (χ1) is 6.61. The second-order valence-electron chi connectivity index (χ2n) is 3.42. The number of hydrogen-bond acceptors (Lipinski definition) is 1. The van der Waals surface area contributed by atoms with Crippen molar-refractivity contribution in [3.05, 3.63) is 0 Å². The SMILES string of the molecule is OC1C(Cl)CC(F)(C(F)(F)F)C(F)C1F. The Labute approximate surface area is 86.0 Å². The molecule has 0 saturated heterocycles. The van der Waals surface area contributed by atoms with Gasteiger partial charge in [0.15, 0.2) is 12.3 Å². The van der Waals surface area contributed by atoms with Crippen LogP contribution in [-0.2, 0) is 0 Å². The van der Waals surface area contributed by atoms with Gasteiger partial charge < -0.3 is 5.11 Å². The van der Waals surface area contributed by atoms with Crippen molar-refractivity contribution in [1.82, 2.24) is 0 Å². The molecule has 5 atom stereocenters. The van der Waals surface area contributed by atoms with Crippen molar-refractivity contribution in [1.29, 1.82) is 0 Å². The predicted octanol–water partition coefficient (Wildman–Crippen LogP) is 2.31. The highest BCUT2D eigenvalue weighted by atomic mass is 35.5. The van der Waals surface area contributed by atoms with Gasteiger partial charge in [0.05, 0.1) is 5.38 Å². The van der Waals surface area contributed by atoms with Crippen molar-refractivity contribution in [3.8, 4) is 0 Å². The molecule has 0 aromatic heterocycles. The highest BCUT2D eigenvalue weighted by Crippen LogP contribution is 2.48. The van der Waals surface area contributed by atoms with Crippen molar-refractivity contribution in [2.45, 2.75) is 42.1 Å². The average molecular weight is 257 g/mol. The fourth-order valence-corrected chi connectivity index (χ4v) is 1.78. The topological polar surface area (TPSA) is 20.2 Å². The maximum Gasteiger partial charge on any atom is 0.425 e. The maximum atomic E-state index is 13.2. The summed E-state index contributed by atoms with van der Waals surface area (Å²) in [6.45, 7) is 0. The molecule has 0 bridgehead atoms. The summed E-state index contributed by atoms with van der Waals surface area (Å²) in [6.07, 6.45) is -15.6. The molecule has 0 aromatic rings. The van der Waals surface area contributed by atoms with Crippen molar-refractivity contribution in [2.24, 2.45) is 0 Å². The highest BCUT2D eigenvalue weighted by Gasteiger charge is 2.68. The van der Waals surface area contributed by atoms with Gasteiger partial charge in [-0.1, -0.05) is 0 Å². The third kappa shape index (κ3) is 1.91. The minimum absolute atomic E-state index is 1.50. The average Bonchev–Trinajstić information content (AvgIpc) is 2.10. The van der Waals surface area contributed by atoms with Gasteiger partial charge in [-0.2, -0.15) is 13.2 Å². The van der Waals surface area contributed by atoms with Gasteiger partial charge in [0.25, 0.3) is 0 Å². The van der Waals surface area contributed by atoms with Crippen molar-refractivity contribution in [2.75, 3.05) is 0 Å². The van der Waals surface area contributed by atoms with Gasteiger partial charge >= 0.3 is 6.18 Å². The lowest BCUT2D eigenvalue weighted by atomic mass is 9.81. The molecule has 0 aliphatic heterocycles. The zero-order valence-electron chi connectivity index (χ0n) is 7.11. The molecule has 8 heteroatoms. The number of alkyl halides is 7. The third-order valence-electron chi connectivity index (χ3n) is 2.38. The number of aliphatic hydroxyl groups excluding tert-OH is 1. The Balaban J connectivity index is 3.02. The van der Waals surface area contributed by atoms with E-state index in [0.29, 0.717) is 0 Å². The molecule has 90 valence electrons. The Morgan fingerprint density at radius 3 is 2.13 bits per heavy atom. The summed E-state index contributed by atoms with van der Waals surface area (Å²) in [6, 6.07) is 0. The molecule has 1 nitrogen and oxygen atoms in total. The van der Waals surface area contributed by atoms with Crippen LogP contribution in [0.25, 0.3) is 0 Å². The Hall–Kier alpha value is -0.170. The van der Waals surface area contributed by atoms with Gasteiger partial charge in [-0.3, -0.25) is 0 Å². The summed E-state index contributed by atoms with van der Waals surface area (Å²) in [5.41, 5.74) is -4.34. The Kier molecular flexibility index (Phi) is 3.17. The molecule has 15 heavy (non-hydrogen) atoms. The number of hydrogen-bond donors (Lipinski definition) is 1. The summed E-state index contributed by atoms with van der Waals surface area (Å²) in [5.74, 6) is 0. The molecular weight excluding hydrogens is 250 g/mol. The maximum absolute atomic E-state index is 13.2. The minimum Gasteiger partial charge on any atom is -0.388 e. The molecule has 1 fully saturated rings. The summed E-state index contributed by atoms with van der Waals surface area (Å²) in [4.78, 5) is 0. The van der Waals surface area contributed by atoms with E-state index in [1.165, 1.54) is 0 Å². The first-order valence-corrected chi connectivity index (χ1v) is 4.41. The van der Waals surface area contributed by atoms with E-state index in [4.69, 9.17) is 16.7 Å². The molecular formula is C7H7ClF6O. The second kappa shape index (κ2) is 3.69. The molecule has 1 N–H and O–H groups in total. The zero-order valence-corrected chi connectivity index (χ0v) is 7.87. The highest BCUT2D eigenvalue weighted by molar-refractivity contribution is 6.21. The molecule has 1 saturated carbocycles. The van der Waals surface area contributed by atoms with E-state index in [1.807, 2.05) is 0 Å². The van der Waals surface area contributed by atoms with Crippen molar-refractivity contribution in [3.63, 3.8) is 0 Å². The fourth-order valence-electron chi connectivity index (χ4n) is 1.41. The predicted molar refractivity (Wildman–Crippen MR) is 40.0 cm³/mol. The number of aliphatic hydroxyl groups is 1. The summed E-state index contributed by atoms with van der Waals surface area (Å²) in [5, 5.41) is 7.03. The summed E-state index contributed by atoms with van der Waals surface area (Å²) < 4.78 is 75.2. The van der Waals surface area contributed by atoms with E-state index in [1.54, 1.807) is 0 Å². The molecule has 0 radical (unpaired) electrons. The lowest BCUT2D eigenvalue weighted by Crippen LogP contribution is -2.62. The first kappa shape index (κ1) is 12.9. The van der Waals surface area contributed by atoms with Crippen LogP contribution in [0.1, 0.15) is 6.42 Å². The first-order valence-electron chi connectivity index (χ1n) is 3.97. The normalized spacial score (nSPS) is 48.0. The van der Waals surface area contributed by atoms with Crippen LogP contribution in [0.5, 0.6) is 0 Å². The third-order valence-corrected chi connectivity index (χ3v) is 2.79. The van der Waals surface area contributed by atoms with Crippen LogP contribution in [0, 0.1) is 0 Å². The van der Waals surface area contributed by atoms with Crippen LogP contribution in [0.3, 0.4) is 0 Å². The van der Waals surface area contributed by atoms with E-state index in [-0.39, 0.29) is 0 Å². The van der Waals surface area contributed by atoms with Gasteiger partial charge in [-0.15, -0.1) is 11.6 Å². The molecule has 0 aromatic carbocycles. The van der Waals surface area contributed by atoms with Gasteiger partial charge in [0, 0.05) is 6.42 Å². The lowest BCUT2D eigenvalue weighted by molar-refractivity contribution is -0.272. The van der Waals surface area contributed by atoms with E-state index < -0.39 is 42.1 Å². The van der Waals surface area contributed by atoms with Gasteiger partial charge in [-0.05, 0) is 0 Å². The van der Waals surface area contributed by atoms with E-state index in [2.05, 4.69) is 0 Å². The number of halogens is 7. The molecule has 1 aliphatic carbocycles. The monoisotopic (exact) mass is 256 g/mol. The van der Waals surface area contributed by atoms with E-state index >= 15 is 0 Å². The number of rotatable bonds is 0. The van der Waals surface area contributed by atoms with Crippen LogP contribution < -0.4 is 0 Å². The second-order valence-corrected chi connectivity index (χ2v) is 3.98. The van der Waals surface area contributed by atoms with Gasteiger partial charge in [0.2, 0.25) is 5.67 Å². The van der Waals surface area contributed by atoms with Crippen LogP contribution in [0.15, 0.2) is 0 Å². The molecule has 5 unspecified atom stereocenters. The largest absolute Gasteiger partial charge is 0.425 e. The molecule has 1 rings (SSSR count). The van der Waals surface area contributed by atoms with Crippen LogP contribution in [0.2, 0.25) is 0 Å². The lowest BCUT2D eigenvalue weighted by Gasteiger charge is -2.40. The van der Waals surface area contributed by atoms with Crippen LogP contribution in [0.4, 0.5) is 26.3 Å². The molecule has 0 amide bonds. The Morgan fingerprint density at radius 1 is 1.27 bits per heavy atom. The molecule has 0 spiro atoms. The van der Waals surface area contributed by atoms with Crippen molar-refractivity contribution < 1.29 is 31.4 Å². The standard InChI is InChI=1S/C7H7ClF6O/c8-2-1-6(11,7(12,13)14)5(10)3(9)4(2)15/h2-5,15H,1H2. The molecule has 0 heterocycles. The smallest absolute Gasteiger partial charge is 0.388 e. The summed E-state index contributed by atoms with van der Waals surface area (Å²) in [7, 11) is 0. The minimum atomic E-state index is -5.55. The van der Waals surface area contributed by atoms with Crippen LogP contribution >= 0.6 is 11.6 Å². The van der Waals surface area contributed by atoms with Gasteiger partial charge in [-0.25, -0.2) is 13.2 Å². The van der Waals surface area contributed by atoms with Gasteiger partial charge in [0.1, 0.15) is 6.10 Å². The Bertz CT molecular complexity index is 246. The fraction of sp³-hybridized carbons (Fsp3) is 1.00.